The van der Waals surface area contributed by atoms with Gasteiger partial charge in [0.25, 0.3) is 0 Å². The van der Waals surface area contributed by atoms with E-state index in [4.69, 9.17) is 9.47 Å². The van der Waals surface area contributed by atoms with Crippen LogP contribution < -0.4 is 19.1 Å². The van der Waals surface area contributed by atoms with Crippen LogP contribution >= 0.6 is 0 Å². The first-order chi connectivity index (χ1) is 12.8. The summed E-state index contributed by atoms with van der Waals surface area (Å²) in [4.78, 5) is 13.6. The number of anilines is 1. The van der Waals surface area contributed by atoms with Gasteiger partial charge in [-0.05, 0) is 30.3 Å². The Balaban J connectivity index is 1.78. The van der Waals surface area contributed by atoms with Gasteiger partial charge in [0, 0.05) is 30.8 Å². The van der Waals surface area contributed by atoms with E-state index in [1.54, 1.807) is 6.07 Å². The van der Waals surface area contributed by atoms with E-state index in [0.717, 1.165) is 0 Å². The third kappa shape index (κ3) is 4.04. The molecule has 0 unspecified atom stereocenters. The first-order valence-corrected chi connectivity index (χ1v) is 9.62. The van der Waals surface area contributed by atoms with E-state index in [2.05, 4.69) is 4.72 Å². The molecule has 1 fully saturated rings. The van der Waals surface area contributed by atoms with Gasteiger partial charge in [-0.2, -0.15) is 0 Å². The zero-order chi connectivity index (χ0) is 19.6. The number of hydrogen-bond acceptors (Lipinski definition) is 5. The number of nitrogens with one attached hydrogen (secondary N) is 1. The molecule has 1 N–H and O–H groups in total. The number of benzene rings is 2. The van der Waals surface area contributed by atoms with Crippen molar-refractivity contribution in [2.24, 2.45) is 0 Å². The Labute approximate surface area is 156 Å². The maximum Gasteiger partial charge on any atom is 0.241 e. The summed E-state index contributed by atoms with van der Waals surface area (Å²) < 4.78 is 51.5. The lowest BCUT2D eigenvalue weighted by Crippen LogP contribution is -2.37. The molecule has 9 heteroatoms. The molecule has 1 saturated heterocycles. The average molecular weight is 394 g/mol. The Bertz CT molecular complexity index is 964. The minimum Gasteiger partial charge on any atom is -0.493 e. The van der Waals surface area contributed by atoms with Crippen molar-refractivity contribution in [2.45, 2.75) is 17.4 Å². The topological polar surface area (TPSA) is 84.9 Å². The van der Waals surface area contributed by atoms with Gasteiger partial charge < -0.3 is 14.4 Å². The first-order valence-electron chi connectivity index (χ1n) is 8.14. The van der Waals surface area contributed by atoms with Crippen LogP contribution in [0, 0.1) is 5.82 Å². The van der Waals surface area contributed by atoms with E-state index < -0.39 is 21.9 Å². The quantitative estimate of drug-likeness (QED) is 0.809. The third-order valence-corrected chi connectivity index (χ3v) is 5.75. The van der Waals surface area contributed by atoms with Crippen molar-refractivity contribution in [3.8, 4) is 11.5 Å². The van der Waals surface area contributed by atoms with Crippen molar-refractivity contribution < 1.29 is 27.1 Å². The van der Waals surface area contributed by atoms with Crippen LogP contribution in [0.15, 0.2) is 47.4 Å². The number of nitrogens with zero attached hydrogens (tertiary/aromatic N) is 1. The van der Waals surface area contributed by atoms with Gasteiger partial charge in [-0.3, -0.25) is 4.79 Å². The highest BCUT2D eigenvalue weighted by Crippen LogP contribution is 2.30. The van der Waals surface area contributed by atoms with Gasteiger partial charge in [0.1, 0.15) is 5.82 Å². The predicted molar refractivity (Wildman–Crippen MR) is 97.0 cm³/mol. The maximum atomic E-state index is 13.4. The van der Waals surface area contributed by atoms with Crippen LogP contribution in [0.3, 0.4) is 0 Å². The van der Waals surface area contributed by atoms with Gasteiger partial charge in [0.2, 0.25) is 15.9 Å². The number of sulfonamides is 1. The molecular formula is C18H19FN2O5S. The Kier molecular flexibility index (Phi) is 5.33. The lowest BCUT2D eigenvalue weighted by atomic mass is 10.3. The second kappa shape index (κ2) is 7.53. The summed E-state index contributed by atoms with van der Waals surface area (Å²) >= 11 is 0. The molecule has 1 aliphatic rings. The lowest BCUT2D eigenvalue weighted by Gasteiger charge is -2.17. The van der Waals surface area contributed by atoms with Gasteiger partial charge >= 0.3 is 0 Å². The summed E-state index contributed by atoms with van der Waals surface area (Å²) in [6, 6.07) is 9.23. The van der Waals surface area contributed by atoms with E-state index >= 15 is 0 Å². The first kappa shape index (κ1) is 19.1. The number of ether oxygens (including phenoxy) is 2. The van der Waals surface area contributed by atoms with Crippen LogP contribution in [-0.4, -0.2) is 41.1 Å². The second-order valence-corrected chi connectivity index (χ2v) is 7.74. The summed E-state index contributed by atoms with van der Waals surface area (Å²) in [6.07, 6.45) is -0.0109. The molecule has 7 nitrogen and oxygen atoms in total. The molecule has 0 saturated carbocycles. The molecule has 0 spiro atoms. The van der Waals surface area contributed by atoms with Crippen LogP contribution in [0.1, 0.15) is 6.42 Å². The molecule has 0 aromatic heterocycles. The van der Waals surface area contributed by atoms with Crippen molar-refractivity contribution in [2.75, 3.05) is 25.7 Å². The Morgan fingerprint density at radius 3 is 2.52 bits per heavy atom. The number of carbonyl (C=O) groups is 1. The minimum atomic E-state index is -3.88. The minimum absolute atomic E-state index is 0.00296. The molecule has 0 radical (unpaired) electrons. The van der Waals surface area contributed by atoms with Gasteiger partial charge in [-0.1, -0.05) is 6.07 Å². The van der Waals surface area contributed by atoms with Crippen molar-refractivity contribution in [3.63, 3.8) is 0 Å². The molecule has 144 valence electrons. The summed E-state index contributed by atoms with van der Waals surface area (Å²) in [5.74, 6) is -0.0516. The van der Waals surface area contributed by atoms with Crippen molar-refractivity contribution in [3.05, 3.63) is 48.3 Å². The fraction of sp³-hybridized carbons (Fsp3) is 0.278. The Hall–Kier alpha value is -2.65. The molecule has 1 atom stereocenters. The summed E-state index contributed by atoms with van der Waals surface area (Å²) in [6.45, 7) is 0.120. The molecule has 2 aromatic carbocycles. The van der Waals surface area contributed by atoms with Gasteiger partial charge in [0.15, 0.2) is 11.5 Å². The molecule has 3 rings (SSSR count). The smallest absolute Gasteiger partial charge is 0.241 e. The van der Waals surface area contributed by atoms with Crippen LogP contribution in [0.25, 0.3) is 0 Å². The van der Waals surface area contributed by atoms with Crippen LogP contribution in [0.4, 0.5) is 10.1 Å². The second-order valence-electron chi connectivity index (χ2n) is 6.02. The number of hydrogen-bond donors (Lipinski definition) is 1. The zero-order valence-corrected chi connectivity index (χ0v) is 15.6. The van der Waals surface area contributed by atoms with E-state index in [1.807, 2.05) is 0 Å². The monoisotopic (exact) mass is 394 g/mol. The molecule has 1 heterocycles. The molecule has 0 bridgehead atoms. The third-order valence-electron chi connectivity index (χ3n) is 4.23. The lowest BCUT2D eigenvalue weighted by molar-refractivity contribution is -0.117. The van der Waals surface area contributed by atoms with E-state index in [0.29, 0.717) is 11.4 Å². The predicted octanol–water partition coefficient (Wildman–Crippen LogP) is 1.93. The van der Waals surface area contributed by atoms with Crippen LogP contribution in [0.2, 0.25) is 0 Å². The Morgan fingerprint density at radius 1 is 1.11 bits per heavy atom. The van der Waals surface area contributed by atoms with E-state index in [1.165, 1.54) is 55.5 Å². The maximum absolute atomic E-state index is 13.4. The van der Waals surface area contributed by atoms with Crippen molar-refractivity contribution in [1.29, 1.82) is 0 Å². The highest BCUT2D eigenvalue weighted by atomic mass is 32.2. The SMILES string of the molecule is COc1ccc(S(=O)(=O)N[C@@H]2CC(=O)N(c3cccc(F)c3)C2)cc1OC. The number of methoxy groups -OCH3 is 2. The van der Waals surface area contributed by atoms with Crippen molar-refractivity contribution in [1.82, 2.24) is 4.72 Å². The summed E-state index contributed by atoms with van der Waals surface area (Å²) in [5, 5.41) is 0. The fourth-order valence-corrected chi connectivity index (χ4v) is 4.19. The molecule has 1 aliphatic heterocycles. The van der Waals surface area contributed by atoms with Crippen LogP contribution in [0.5, 0.6) is 11.5 Å². The number of rotatable bonds is 6. The Morgan fingerprint density at radius 2 is 1.85 bits per heavy atom. The molecule has 27 heavy (non-hydrogen) atoms. The van der Waals surface area contributed by atoms with Gasteiger partial charge in [0.05, 0.1) is 19.1 Å². The highest BCUT2D eigenvalue weighted by Gasteiger charge is 2.34. The molecule has 0 aliphatic carbocycles. The molecule has 1 amide bonds. The summed E-state index contributed by atoms with van der Waals surface area (Å²) in [7, 11) is -1.01. The molecular weight excluding hydrogens is 375 g/mol. The normalized spacial score (nSPS) is 17.2. The van der Waals surface area contributed by atoms with E-state index in [9.17, 15) is 17.6 Å². The zero-order valence-electron chi connectivity index (χ0n) is 14.8. The highest BCUT2D eigenvalue weighted by molar-refractivity contribution is 7.89. The van der Waals surface area contributed by atoms with Gasteiger partial charge in [-0.25, -0.2) is 17.5 Å². The fourth-order valence-electron chi connectivity index (χ4n) is 2.95. The number of amides is 1. The van der Waals surface area contributed by atoms with Crippen molar-refractivity contribution >= 4 is 21.6 Å². The van der Waals surface area contributed by atoms with Gasteiger partial charge in [-0.15, -0.1) is 0 Å². The van der Waals surface area contributed by atoms with Crippen LogP contribution in [-0.2, 0) is 14.8 Å². The largest absolute Gasteiger partial charge is 0.493 e. The number of halogens is 1. The van der Waals surface area contributed by atoms with E-state index in [-0.39, 0.29) is 29.5 Å². The standard InChI is InChI=1S/C18H19FN2O5S/c1-25-16-7-6-15(10-17(16)26-2)27(23,24)20-13-9-18(22)21(11-13)14-5-3-4-12(19)8-14/h3-8,10,13,20H,9,11H2,1-2H3/t13-/m1/s1. The summed E-state index contributed by atoms with van der Waals surface area (Å²) in [5.41, 5.74) is 0.396. The molecule has 2 aromatic rings. The number of carbonyl (C=O) groups excluding carboxylic acids is 1. The average Bonchev–Trinajstić information content (AvgIpc) is 3.00.